The van der Waals surface area contributed by atoms with Gasteiger partial charge in [-0.3, -0.25) is 0 Å². The molecule has 0 saturated heterocycles. The largest absolute Gasteiger partial charge is 0.329 e. The third kappa shape index (κ3) is 5.30. The Morgan fingerprint density at radius 3 is 1.50 bits per heavy atom. The van der Waals surface area contributed by atoms with E-state index >= 15 is 0 Å². The van der Waals surface area contributed by atoms with Crippen molar-refractivity contribution < 1.29 is 0 Å². The number of nitrogens with zero attached hydrogens (tertiary/aromatic N) is 1. The highest BCUT2D eigenvalue weighted by atomic mass is 35.5. The van der Waals surface area contributed by atoms with E-state index in [1.807, 2.05) is 14.1 Å². The number of nitrogens with two attached hydrogens (primary N) is 1. The van der Waals surface area contributed by atoms with E-state index in [4.69, 9.17) is 5.73 Å². The van der Waals surface area contributed by atoms with Gasteiger partial charge in [-0.2, -0.15) is 0 Å². The molecule has 0 atom stereocenters. The van der Waals surface area contributed by atoms with Crippen molar-refractivity contribution in [2.45, 2.75) is 19.4 Å². The van der Waals surface area contributed by atoms with E-state index in [-0.39, 0.29) is 30.4 Å². The second-order valence-electron chi connectivity index (χ2n) is 2.91. The molecule has 66 valence electrons. The molecule has 0 amide bonds. The number of halogens is 2. The van der Waals surface area contributed by atoms with E-state index in [2.05, 4.69) is 18.7 Å². The molecule has 0 aliphatic heterocycles. The summed E-state index contributed by atoms with van der Waals surface area (Å²) in [6, 6.07) is 0. The Morgan fingerprint density at radius 2 is 1.50 bits per heavy atom. The first-order valence-corrected chi connectivity index (χ1v) is 2.88. The van der Waals surface area contributed by atoms with Crippen molar-refractivity contribution >= 4 is 24.8 Å². The maximum Gasteiger partial charge on any atom is 0.0269 e. The Kier molecular flexibility index (Phi) is 10.5. The maximum absolute atomic E-state index is 5.47. The molecule has 0 saturated carbocycles. The smallest absolute Gasteiger partial charge is 0.0269 e. The van der Waals surface area contributed by atoms with E-state index in [1.54, 1.807) is 0 Å². The highest BCUT2D eigenvalue weighted by molar-refractivity contribution is 5.85. The Labute approximate surface area is 76.0 Å². The molecule has 0 bridgehead atoms. The van der Waals surface area contributed by atoms with Crippen LogP contribution in [0.2, 0.25) is 0 Å². The van der Waals surface area contributed by atoms with Crippen LogP contribution >= 0.6 is 24.8 Å². The summed E-state index contributed by atoms with van der Waals surface area (Å²) in [5.41, 5.74) is 5.62. The highest BCUT2D eigenvalue weighted by Crippen LogP contribution is 2.05. The zero-order valence-corrected chi connectivity index (χ0v) is 8.68. The first-order chi connectivity index (χ1) is 3.50. The van der Waals surface area contributed by atoms with E-state index in [0.29, 0.717) is 6.54 Å². The monoisotopic (exact) mass is 188 g/mol. The van der Waals surface area contributed by atoms with Crippen molar-refractivity contribution in [3.05, 3.63) is 0 Å². The van der Waals surface area contributed by atoms with Crippen LogP contribution in [0.1, 0.15) is 13.8 Å². The van der Waals surface area contributed by atoms with Gasteiger partial charge in [-0.1, -0.05) is 0 Å². The van der Waals surface area contributed by atoms with Crippen LogP contribution in [0, 0.1) is 0 Å². The fourth-order valence-corrected chi connectivity index (χ4v) is 0.183. The van der Waals surface area contributed by atoms with Crippen molar-refractivity contribution in [1.82, 2.24) is 4.90 Å². The molecule has 2 N–H and O–H groups in total. The fourth-order valence-electron chi connectivity index (χ4n) is 0.183. The quantitative estimate of drug-likeness (QED) is 0.705. The lowest BCUT2D eigenvalue weighted by Crippen LogP contribution is -2.44. The lowest BCUT2D eigenvalue weighted by atomic mass is 10.1. The molecule has 0 aromatic carbocycles. The van der Waals surface area contributed by atoms with Gasteiger partial charge in [0.15, 0.2) is 0 Å². The zero-order valence-electron chi connectivity index (χ0n) is 7.05. The summed E-state index contributed by atoms with van der Waals surface area (Å²) in [5, 5.41) is 0. The molecule has 0 fully saturated rings. The average Bonchev–Trinajstić information content (AvgIpc) is 1.67. The van der Waals surface area contributed by atoms with Gasteiger partial charge in [0.05, 0.1) is 0 Å². The lowest BCUT2D eigenvalue weighted by molar-refractivity contribution is 0.204. The number of likely N-dealkylation sites (N-methyl/N-ethyl adjacent to an activating group) is 1. The summed E-state index contributed by atoms with van der Waals surface area (Å²) < 4.78 is 0. The third-order valence-electron chi connectivity index (χ3n) is 1.71. The van der Waals surface area contributed by atoms with Crippen LogP contribution in [0.4, 0.5) is 0 Å². The van der Waals surface area contributed by atoms with Gasteiger partial charge in [0.1, 0.15) is 0 Å². The van der Waals surface area contributed by atoms with Crippen LogP contribution in [-0.4, -0.2) is 31.1 Å². The molecule has 0 spiro atoms. The van der Waals surface area contributed by atoms with Crippen molar-refractivity contribution in [3.63, 3.8) is 0 Å². The SMILES string of the molecule is CN(C)C(C)(C)CN.Cl.Cl. The van der Waals surface area contributed by atoms with Crippen LogP contribution in [0.3, 0.4) is 0 Å². The van der Waals surface area contributed by atoms with Gasteiger partial charge in [-0.25, -0.2) is 0 Å². The molecule has 10 heavy (non-hydrogen) atoms. The summed E-state index contributed by atoms with van der Waals surface area (Å²) in [6.45, 7) is 4.94. The van der Waals surface area contributed by atoms with Gasteiger partial charge in [0, 0.05) is 12.1 Å². The normalized spacial score (nSPS) is 10.2. The average molecular weight is 189 g/mol. The lowest BCUT2D eigenvalue weighted by Gasteiger charge is -2.30. The van der Waals surface area contributed by atoms with E-state index < -0.39 is 0 Å². The third-order valence-corrected chi connectivity index (χ3v) is 1.71. The van der Waals surface area contributed by atoms with Crippen LogP contribution < -0.4 is 5.73 Å². The molecule has 4 heteroatoms. The van der Waals surface area contributed by atoms with Crippen molar-refractivity contribution in [3.8, 4) is 0 Å². The molecule has 0 aliphatic carbocycles. The molecule has 0 rings (SSSR count). The fraction of sp³-hybridized carbons (Fsp3) is 1.00. The van der Waals surface area contributed by atoms with Crippen molar-refractivity contribution in [2.24, 2.45) is 5.73 Å². The molecule has 0 unspecified atom stereocenters. The standard InChI is InChI=1S/C6H16N2.2ClH/c1-6(2,5-7)8(3)4;;/h5,7H2,1-4H3;2*1H. The van der Waals surface area contributed by atoms with Gasteiger partial charge < -0.3 is 10.6 Å². The molecule has 0 heterocycles. The van der Waals surface area contributed by atoms with E-state index in [1.165, 1.54) is 0 Å². The topological polar surface area (TPSA) is 29.3 Å². The number of hydrogen-bond donors (Lipinski definition) is 1. The van der Waals surface area contributed by atoms with Gasteiger partial charge in [-0.15, -0.1) is 24.8 Å². The van der Waals surface area contributed by atoms with Crippen LogP contribution in [-0.2, 0) is 0 Å². The molecule has 0 aromatic rings. The summed E-state index contributed by atoms with van der Waals surface area (Å²) in [6.07, 6.45) is 0. The predicted octanol–water partition coefficient (Wildman–Crippen LogP) is 1.13. The molecular formula is C6H18Cl2N2. The first kappa shape index (κ1) is 16.8. The van der Waals surface area contributed by atoms with Crippen LogP contribution in [0.5, 0.6) is 0 Å². The zero-order chi connectivity index (χ0) is 6.78. The molecule has 0 aromatic heterocycles. The number of hydrogen-bond acceptors (Lipinski definition) is 2. The number of rotatable bonds is 2. The Balaban J connectivity index is -0.000000245. The minimum Gasteiger partial charge on any atom is -0.329 e. The van der Waals surface area contributed by atoms with Gasteiger partial charge in [0.2, 0.25) is 0 Å². The first-order valence-electron chi connectivity index (χ1n) is 2.88. The molecular weight excluding hydrogens is 171 g/mol. The van der Waals surface area contributed by atoms with Gasteiger partial charge in [-0.05, 0) is 27.9 Å². The Hall–Kier alpha value is 0.500. The van der Waals surface area contributed by atoms with E-state index in [0.717, 1.165) is 0 Å². The summed E-state index contributed by atoms with van der Waals surface area (Å²) in [4.78, 5) is 2.12. The highest BCUT2D eigenvalue weighted by Gasteiger charge is 2.16. The Morgan fingerprint density at radius 1 is 1.20 bits per heavy atom. The Bertz CT molecular complexity index is 74.1. The second kappa shape index (κ2) is 6.23. The molecule has 0 aliphatic rings. The van der Waals surface area contributed by atoms with Crippen LogP contribution in [0.25, 0.3) is 0 Å². The summed E-state index contributed by atoms with van der Waals surface area (Å²) in [7, 11) is 4.07. The van der Waals surface area contributed by atoms with E-state index in [9.17, 15) is 0 Å². The second-order valence-corrected chi connectivity index (χ2v) is 2.91. The minimum atomic E-state index is 0. The minimum absolute atomic E-state index is 0. The van der Waals surface area contributed by atoms with Gasteiger partial charge >= 0.3 is 0 Å². The molecule has 0 radical (unpaired) electrons. The molecule has 2 nitrogen and oxygen atoms in total. The van der Waals surface area contributed by atoms with Crippen LogP contribution in [0.15, 0.2) is 0 Å². The van der Waals surface area contributed by atoms with Gasteiger partial charge in [0.25, 0.3) is 0 Å². The van der Waals surface area contributed by atoms with Crippen molar-refractivity contribution in [1.29, 1.82) is 0 Å². The maximum atomic E-state index is 5.47. The predicted molar refractivity (Wildman–Crippen MR) is 51.3 cm³/mol. The summed E-state index contributed by atoms with van der Waals surface area (Å²) in [5.74, 6) is 0. The summed E-state index contributed by atoms with van der Waals surface area (Å²) >= 11 is 0. The van der Waals surface area contributed by atoms with Crippen molar-refractivity contribution in [2.75, 3.05) is 20.6 Å².